The number of methoxy groups -OCH3 is 1. The number of pyridine rings is 3. The first-order chi connectivity index (χ1) is 38.6. The van der Waals surface area contributed by atoms with Crippen LogP contribution >= 0.6 is 7.82 Å². The van der Waals surface area contributed by atoms with Gasteiger partial charge in [0.1, 0.15) is 35.8 Å². The largest absolute Gasteiger partial charge is 0.480 e. The number of likely N-dealkylation sites (tertiary alicyclic amines) is 1. The number of hydrogen-bond acceptors (Lipinski definition) is 16. The van der Waals surface area contributed by atoms with Crippen molar-refractivity contribution in [1.29, 1.82) is 0 Å². The van der Waals surface area contributed by atoms with E-state index in [1.165, 1.54) is 17.5 Å². The van der Waals surface area contributed by atoms with Crippen molar-refractivity contribution in [3.63, 3.8) is 0 Å². The summed E-state index contributed by atoms with van der Waals surface area (Å²) in [6, 6.07) is 13.3. The van der Waals surface area contributed by atoms with Gasteiger partial charge in [-0.2, -0.15) is 0 Å². The molecule has 0 radical (unpaired) electrons. The monoisotopic (exact) mass is 1100 g/mol. The molecular weight excluding hydrogens is 1030 g/mol. The lowest BCUT2D eigenvalue weighted by Gasteiger charge is -2.48. The molecule has 5 aromatic rings. The molecular formula is C56H66N11O11P. The summed E-state index contributed by atoms with van der Waals surface area (Å²) in [6.07, 6.45) is 7.91. The number of carbonyl (C=O) groups is 5. The SMILES string of the molecule is [2H]C([2H])([2H])Oc1ncc(-c2ccnc(N3CCn4c(cc5c4CC(C)(C)C5)C3=O)c2C(C)(C)O)cc1Nc1ccc(N2CCN(C3CCN(c4ccc5c(c4)C(=O)N(C4CCC(=O)N(COP(=O)(O)O)C4=O)C5=O)[C@@H](C)C3)C[C@@H]2C)cn1. The van der Waals surface area contributed by atoms with E-state index in [9.17, 15) is 33.6 Å². The zero-order valence-electron chi connectivity index (χ0n) is 47.9. The van der Waals surface area contributed by atoms with Crippen molar-refractivity contribution < 1.29 is 56.8 Å². The fraction of sp³-hybridized carbons (Fsp3) is 0.464. The number of phosphoric ester groups is 1. The fourth-order valence-corrected chi connectivity index (χ4v) is 13.0. The second-order valence-electron chi connectivity index (χ2n) is 22.9. The van der Waals surface area contributed by atoms with Crippen molar-refractivity contribution in [2.75, 3.05) is 66.5 Å². The molecule has 1 aromatic carbocycles. The van der Waals surface area contributed by atoms with Gasteiger partial charge >= 0.3 is 7.82 Å². The third kappa shape index (κ3) is 10.1. The molecule has 0 bridgehead atoms. The number of phosphoric acid groups is 1. The van der Waals surface area contributed by atoms with E-state index in [1.807, 2.05) is 12.1 Å². The van der Waals surface area contributed by atoms with Gasteiger partial charge in [-0.15, -0.1) is 0 Å². The van der Waals surface area contributed by atoms with Crippen molar-refractivity contribution in [2.24, 2.45) is 5.41 Å². The van der Waals surface area contributed by atoms with Gasteiger partial charge in [-0.3, -0.25) is 48.1 Å². The smallest absolute Gasteiger partial charge is 0.471 e. The molecule has 5 amide bonds. The van der Waals surface area contributed by atoms with Gasteiger partial charge in [0, 0.05) is 98.7 Å². The summed E-state index contributed by atoms with van der Waals surface area (Å²) < 4.78 is 47.0. The molecule has 4 aromatic heterocycles. The third-order valence-electron chi connectivity index (χ3n) is 16.4. The number of aliphatic hydroxyl groups is 1. The summed E-state index contributed by atoms with van der Waals surface area (Å²) in [4.78, 5) is 110. The van der Waals surface area contributed by atoms with Crippen LogP contribution in [0.25, 0.3) is 11.1 Å². The average molecular weight is 1100 g/mol. The first-order valence-corrected chi connectivity index (χ1v) is 28.2. The number of nitrogens with zero attached hydrogens (tertiary/aromatic N) is 10. The Labute approximate surface area is 461 Å². The van der Waals surface area contributed by atoms with Crippen LogP contribution in [0.5, 0.6) is 5.88 Å². The van der Waals surface area contributed by atoms with E-state index in [4.69, 9.17) is 23.6 Å². The van der Waals surface area contributed by atoms with Crippen LogP contribution in [0.3, 0.4) is 0 Å². The lowest BCUT2D eigenvalue weighted by atomic mass is 9.89. The van der Waals surface area contributed by atoms with Crippen molar-refractivity contribution in [3.8, 4) is 17.0 Å². The highest BCUT2D eigenvalue weighted by molar-refractivity contribution is 7.46. The molecule has 0 saturated carbocycles. The molecule has 0 spiro atoms. The van der Waals surface area contributed by atoms with Crippen LogP contribution in [-0.4, -0.2) is 149 Å². The van der Waals surface area contributed by atoms with Crippen molar-refractivity contribution in [2.45, 2.75) is 116 Å². The minimum atomic E-state index is -5.03. The average Bonchev–Trinajstić information content (AvgIpc) is 4.15. The molecule has 23 heteroatoms. The number of aromatic nitrogens is 4. The first-order valence-electron chi connectivity index (χ1n) is 28.1. The Balaban J connectivity index is 0.744. The molecule has 6 aliphatic rings. The molecule has 1 aliphatic carbocycles. The number of imide groups is 2. The summed E-state index contributed by atoms with van der Waals surface area (Å²) in [6.45, 7) is 14.9. The van der Waals surface area contributed by atoms with E-state index < -0.39 is 56.9 Å². The van der Waals surface area contributed by atoms with Gasteiger partial charge in [-0.05, 0) is 125 Å². The number of benzene rings is 1. The third-order valence-corrected chi connectivity index (χ3v) is 16.9. The molecule has 5 aliphatic heterocycles. The van der Waals surface area contributed by atoms with E-state index in [2.05, 4.69) is 66.8 Å². The lowest BCUT2D eigenvalue weighted by Crippen LogP contribution is -2.58. The van der Waals surface area contributed by atoms with E-state index in [0.717, 1.165) is 61.6 Å². The number of anilines is 5. The fourth-order valence-electron chi connectivity index (χ4n) is 12.8. The van der Waals surface area contributed by atoms with Crippen molar-refractivity contribution in [3.05, 3.63) is 101 Å². The standard InChI is InChI=1S/C56H66N11O11P/c1-32-22-36(15-17-62(32)37-8-10-40-41(25-37)52(70)67(51(40)69)43-11-13-47(68)66(53(43)71)31-78-79(74,75)76)61-18-19-63(33(2)30-61)38-9-12-46(58-29-38)60-42-23-35(28-59-50(42)77-7)39-14-16-57-49(48(39)56(5,6)73)65-21-20-64-44(54(65)72)24-34-26-55(3,4)27-45(34)64/h8-10,12,14,16,23-25,28-29,32-33,36,43,73H,11,13,15,17-22,26-27,30-31H2,1-7H3,(H,58,60)(H2,74,75,76)/t32-,33-,36?,43?/m0/s1/i7D3. The van der Waals surface area contributed by atoms with Crippen LogP contribution in [0, 0.1) is 5.41 Å². The predicted octanol–water partition coefficient (Wildman–Crippen LogP) is 5.85. The number of carbonyl (C=O) groups excluding carboxylic acids is 5. The van der Waals surface area contributed by atoms with Crippen LogP contribution < -0.4 is 24.8 Å². The Morgan fingerprint density at radius 3 is 2.33 bits per heavy atom. The van der Waals surface area contributed by atoms with Crippen LogP contribution in [0.2, 0.25) is 0 Å². The topological polar surface area (TPSA) is 257 Å². The van der Waals surface area contributed by atoms with Crippen LogP contribution in [-0.2, 0) is 43.7 Å². The molecule has 416 valence electrons. The van der Waals surface area contributed by atoms with Crippen molar-refractivity contribution >= 4 is 66.1 Å². The second-order valence-corrected chi connectivity index (χ2v) is 24.1. The number of piperidine rings is 2. The number of fused-ring (bicyclic) bond motifs is 4. The summed E-state index contributed by atoms with van der Waals surface area (Å²) in [5.74, 6) is -2.74. The van der Waals surface area contributed by atoms with E-state index in [1.54, 1.807) is 67.5 Å². The number of hydrogen-bond donors (Lipinski definition) is 4. The molecule has 2 unspecified atom stereocenters. The molecule has 9 heterocycles. The quantitative estimate of drug-likeness (QED) is 0.0796. The first kappa shape index (κ1) is 50.2. The molecule has 4 atom stereocenters. The van der Waals surface area contributed by atoms with Crippen molar-refractivity contribution in [1.82, 2.24) is 34.2 Å². The van der Waals surface area contributed by atoms with Gasteiger partial charge in [-0.25, -0.2) is 19.5 Å². The van der Waals surface area contributed by atoms with Gasteiger partial charge < -0.3 is 39.3 Å². The highest BCUT2D eigenvalue weighted by Crippen LogP contribution is 2.44. The molecule has 3 fully saturated rings. The second kappa shape index (κ2) is 20.2. The number of nitrogens with one attached hydrogen (secondary N) is 1. The molecule has 79 heavy (non-hydrogen) atoms. The van der Waals surface area contributed by atoms with Gasteiger partial charge in [0.2, 0.25) is 11.8 Å². The summed E-state index contributed by atoms with van der Waals surface area (Å²) in [5.41, 5.74) is 5.19. The highest BCUT2D eigenvalue weighted by Gasteiger charge is 2.48. The zero-order valence-corrected chi connectivity index (χ0v) is 45.8. The molecule has 4 N–H and O–H groups in total. The van der Waals surface area contributed by atoms with E-state index in [-0.39, 0.29) is 65.0 Å². The maximum absolute atomic E-state index is 14.3. The molecule has 11 rings (SSSR count). The molecule has 3 saturated heterocycles. The summed E-state index contributed by atoms with van der Waals surface area (Å²) in [7, 11) is -7.85. The number of ether oxygens (including phenoxy) is 1. The Morgan fingerprint density at radius 2 is 1.61 bits per heavy atom. The van der Waals surface area contributed by atoms with E-state index >= 15 is 0 Å². The molecule has 22 nitrogen and oxygen atoms in total. The minimum Gasteiger partial charge on any atom is -0.480 e. The van der Waals surface area contributed by atoms with Gasteiger partial charge in [0.25, 0.3) is 23.6 Å². The maximum atomic E-state index is 14.3. The van der Waals surface area contributed by atoms with Gasteiger partial charge in [0.05, 0.1) is 39.8 Å². The highest BCUT2D eigenvalue weighted by atomic mass is 31.2. The lowest BCUT2D eigenvalue weighted by molar-refractivity contribution is -0.155. The van der Waals surface area contributed by atoms with Gasteiger partial charge in [-0.1, -0.05) is 13.8 Å². The Hall–Kier alpha value is -7.07. The minimum absolute atomic E-state index is 0.0618. The summed E-state index contributed by atoms with van der Waals surface area (Å²) >= 11 is 0. The predicted molar refractivity (Wildman–Crippen MR) is 292 cm³/mol. The van der Waals surface area contributed by atoms with E-state index in [0.29, 0.717) is 58.6 Å². The Morgan fingerprint density at radius 1 is 0.835 bits per heavy atom. The Kier molecular flexibility index (Phi) is 12.8. The Bertz CT molecular complexity index is 3470. The van der Waals surface area contributed by atoms with Crippen LogP contribution in [0.4, 0.5) is 28.7 Å². The number of amides is 5. The number of piperazine rings is 1. The summed E-state index contributed by atoms with van der Waals surface area (Å²) in [5, 5.41) is 15.0. The normalized spacial score (nSPS) is 23.4. The zero-order chi connectivity index (χ0) is 58.5. The maximum Gasteiger partial charge on any atom is 0.471 e. The van der Waals surface area contributed by atoms with Crippen LogP contribution in [0.1, 0.15) is 119 Å². The van der Waals surface area contributed by atoms with Gasteiger partial charge in [0.15, 0.2) is 0 Å². The number of rotatable bonds is 13. The van der Waals surface area contributed by atoms with Crippen LogP contribution in [0.15, 0.2) is 67.1 Å².